The van der Waals surface area contributed by atoms with Gasteiger partial charge in [-0.2, -0.15) is 4.72 Å². The van der Waals surface area contributed by atoms with Crippen LogP contribution in [0.2, 0.25) is 0 Å². The van der Waals surface area contributed by atoms with Gasteiger partial charge in [0.1, 0.15) is 5.82 Å². The molecule has 0 radical (unpaired) electrons. The van der Waals surface area contributed by atoms with E-state index in [2.05, 4.69) is 0 Å². The van der Waals surface area contributed by atoms with Gasteiger partial charge in [0, 0.05) is 11.3 Å². The fourth-order valence-corrected chi connectivity index (χ4v) is 2.81. The van der Waals surface area contributed by atoms with Crippen molar-refractivity contribution in [2.24, 2.45) is 5.73 Å². The Bertz CT molecular complexity index is 586. The van der Waals surface area contributed by atoms with Gasteiger partial charge in [-0.15, -0.1) is 0 Å². The monoisotopic (exact) mass is 275 g/mol. The quantitative estimate of drug-likeness (QED) is 0.664. The topological polar surface area (TPSA) is 115 Å². The van der Waals surface area contributed by atoms with Crippen molar-refractivity contribution in [3.63, 3.8) is 0 Å². The SMILES string of the molecule is Cc1c(F)cc(N)cc1S(=O)(=O)NC(C)C(N)=O. The number of benzene rings is 1. The zero-order valence-electron chi connectivity index (χ0n) is 9.90. The van der Waals surface area contributed by atoms with Gasteiger partial charge in [0.25, 0.3) is 0 Å². The van der Waals surface area contributed by atoms with Crippen molar-refractivity contribution in [1.29, 1.82) is 0 Å². The number of nitrogen functional groups attached to an aromatic ring is 1. The van der Waals surface area contributed by atoms with Crippen molar-refractivity contribution >= 4 is 21.6 Å². The second-order valence-electron chi connectivity index (χ2n) is 3.87. The molecule has 0 bridgehead atoms. The normalized spacial score (nSPS) is 13.3. The van der Waals surface area contributed by atoms with Gasteiger partial charge in [-0.05, 0) is 26.0 Å². The lowest BCUT2D eigenvalue weighted by Gasteiger charge is -2.13. The number of primary amides is 1. The Morgan fingerprint density at radius 3 is 2.50 bits per heavy atom. The molecule has 1 rings (SSSR count). The largest absolute Gasteiger partial charge is 0.399 e. The Balaban J connectivity index is 3.25. The molecule has 0 aromatic heterocycles. The summed E-state index contributed by atoms with van der Waals surface area (Å²) in [5.41, 5.74) is 10.2. The molecule has 0 heterocycles. The molecule has 8 heteroatoms. The van der Waals surface area contributed by atoms with Gasteiger partial charge in [0.2, 0.25) is 15.9 Å². The molecule has 0 aliphatic carbocycles. The van der Waals surface area contributed by atoms with Gasteiger partial charge >= 0.3 is 0 Å². The minimum atomic E-state index is -4.05. The van der Waals surface area contributed by atoms with E-state index in [4.69, 9.17) is 11.5 Å². The summed E-state index contributed by atoms with van der Waals surface area (Å²) in [7, 11) is -4.05. The van der Waals surface area contributed by atoms with E-state index in [0.29, 0.717) is 0 Å². The molecule has 0 saturated carbocycles. The zero-order valence-corrected chi connectivity index (χ0v) is 10.7. The average Bonchev–Trinajstić information content (AvgIpc) is 2.22. The second-order valence-corrected chi connectivity index (χ2v) is 5.55. The first-order chi connectivity index (χ1) is 8.15. The summed E-state index contributed by atoms with van der Waals surface area (Å²) in [6, 6.07) is 1.04. The number of carbonyl (C=O) groups excluding carboxylic acids is 1. The van der Waals surface area contributed by atoms with Crippen LogP contribution in [0.1, 0.15) is 12.5 Å². The number of hydrogen-bond donors (Lipinski definition) is 3. The molecule has 5 N–H and O–H groups in total. The van der Waals surface area contributed by atoms with Gasteiger partial charge < -0.3 is 11.5 Å². The Morgan fingerprint density at radius 1 is 1.44 bits per heavy atom. The molecule has 1 atom stereocenters. The number of halogens is 1. The van der Waals surface area contributed by atoms with E-state index in [1.54, 1.807) is 0 Å². The van der Waals surface area contributed by atoms with Crippen LogP contribution in [0, 0.1) is 12.7 Å². The van der Waals surface area contributed by atoms with Gasteiger partial charge in [0.05, 0.1) is 10.9 Å². The minimum absolute atomic E-state index is 0.0230. The van der Waals surface area contributed by atoms with E-state index in [1.165, 1.54) is 13.8 Å². The molecular weight excluding hydrogens is 261 g/mol. The summed E-state index contributed by atoms with van der Waals surface area (Å²) < 4.78 is 39.3. The Morgan fingerprint density at radius 2 is 2.00 bits per heavy atom. The van der Waals surface area contributed by atoms with Crippen molar-refractivity contribution in [3.8, 4) is 0 Å². The smallest absolute Gasteiger partial charge is 0.241 e. The number of rotatable bonds is 4. The lowest BCUT2D eigenvalue weighted by atomic mass is 10.2. The van der Waals surface area contributed by atoms with Gasteiger partial charge in [-0.3, -0.25) is 4.79 Å². The number of carbonyl (C=O) groups is 1. The fourth-order valence-electron chi connectivity index (χ4n) is 1.31. The highest BCUT2D eigenvalue weighted by molar-refractivity contribution is 7.89. The molecule has 18 heavy (non-hydrogen) atoms. The number of sulfonamides is 1. The highest BCUT2D eigenvalue weighted by Crippen LogP contribution is 2.21. The van der Waals surface area contributed by atoms with Crippen molar-refractivity contribution in [1.82, 2.24) is 4.72 Å². The van der Waals surface area contributed by atoms with Crippen molar-refractivity contribution in [2.45, 2.75) is 24.8 Å². The summed E-state index contributed by atoms with van der Waals surface area (Å²) in [5.74, 6) is -1.57. The van der Waals surface area contributed by atoms with E-state index in [1.807, 2.05) is 4.72 Å². The number of hydrogen-bond acceptors (Lipinski definition) is 4. The molecule has 0 aliphatic heterocycles. The Labute approximate surface area is 104 Å². The van der Waals surface area contributed by atoms with Crippen LogP contribution >= 0.6 is 0 Å². The number of nitrogens with one attached hydrogen (secondary N) is 1. The first-order valence-electron chi connectivity index (χ1n) is 5.02. The third kappa shape index (κ3) is 2.96. The summed E-state index contributed by atoms with van der Waals surface area (Å²) >= 11 is 0. The van der Waals surface area contributed by atoms with Crippen LogP contribution in [0.4, 0.5) is 10.1 Å². The van der Waals surface area contributed by atoms with Crippen molar-refractivity contribution in [2.75, 3.05) is 5.73 Å². The van der Waals surface area contributed by atoms with Crippen LogP contribution < -0.4 is 16.2 Å². The predicted octanol–water partition coefficient (Wildman–Crippen LogP) is -0.132. The fraction of sp³-hybridized carbons (Fsp3) is 0.300. The van der Waals surface area contributed by atoms with Crippen LogP contribution in [-0.2, 0) is 14.8 Å². The van der Waals surface area contributed by atoms with Crippen LogP contribution in [-0.4, -0.2) is 20.4 Å². The van der Waals surface area contributed by atoms with E-state index in [9.17, 15) is 17.6 Å². The van der Waals surface area contributed by atoms with Crippen molar-refractivity contribution < 1.29 is 17.6 Å². The summed E-state index contributed by atoms with van der Waals surface area (Å²) in [6.45, 7) is 2.59. The van der Waals surface area contributed by atoms with Gasteiger partial charge in [-0.1, -0.05) is 0 Å². The Kier molecular flexibility index (Phi) is 3.92. The maximum absolute atomic E-state index is 13.4. The summed E-state index contributed by atoms with van der Waals surface area (Å²) in [4.78, 5) is 10.5. The third-order valence-electron chi connectivity index (χ3n) is 2.37. The number of anilines is 1. The summed E-state index contributed by atoms with van der Waals surface area (Å²) in [5, 5.41) is 0. The lowest BCUT2D eigenvalue weighted by Crippen LogP contribution is -2.42. The summed E-state index contributed by atoms with van der Waals surface area (Å²) in [6.07, 6.45) is 0. The molecule has 0 fully saturated rings. The van der Waals surface area contributed by atoms with Crippen LogP contribution in [0.5, 0.6) is 0 Å². The third-order valence-corrected chi connectivity index (χ3v) is 4.03. The molecule has 100 valence electrons. The van der Waals surface area contributed by atoms with E-state index in [-0.39, 0.29) is 16.1 Å². The van der Waals surface area contributed by atoms with Crippen LogP contribution in [0.15, 0.2) is 17.0 Å². The molecule has 6 nitrogen and oxygen atoms in total. The van der Waals surface area contributed by atoms with E-state index in [0.717, 1.165) is 12.1 Å². The van der Waals surface area contributed by atoms with Crippen molar-refractivity contribution in [3.05, 3.63) is 23.5 Å². The van der Waals surface area contributed by atoms with Crippen LogP contribution in [0.25, 0.3) is 0 Å². The van der Waals surface area contributed by atoms with Gasteiger partial charge in [0.15, 0.2) is 0 Å². The lowest BCUT2D eigenvalue weighted by molar-refractivity contribution is -0.119. The highest BCUT2D eigenvalue weighted by Gasteiger charge is 2.23. The zero-order chi connectivity index (χ0) is 14.1. The maximum atomic E-state index is 13.4. The highest BCUT2D eigenvalue weighted by atomic mass is 32.2. The minimum Gasteiger partial charge on any atom is -0.399 e. The van der Waals surface area contributed by atoms with Gasteiger partial charge in [-0.25, -0.2) is 12.8 Å². The maximum Gasteiger partial charge on any atom is 0.241 e. The molecule has 0 spiro atoms. The Hall–Kier alpha value is -1.67. The molecule has 1 aromatic carbocycles. The van der Waals surface area contributed by atoms with E-state index < -0.39 is 27.8 Å². The number of amides is 1. The second kappa shape index (κ2) is 4.91. The van der Waals surface area contributed by atoms with Crippen LogP contribution in [0.3, 0.4) is 0 Å². The standard InChI is InChI=1S/C10H14FN3O3S/c1-5-8(11)3-7(12)4-9(5)18(16,17)14-6(2)10(13)15/h3-4,6,14H,12H2,1-2H3,(H2,13,15). The predicted molar refractivity (Wildman–Crippen MR) is 64.5 cm³/mol. The molecule has 1 unspecified atom stereocenters. The molecule has 1 aromatic rings. The molecule has 1 amide bonds. The van der Waals surface area contributed by atoms with E-state index >= 15 is 0 Å². The molecule has 0 aliphatic rings. The first-order valence-corrected chi connectivity index (χ1v) is 6.50. The molecular formula is C10H14FN3O3S. The first kappa shape index (κ1) is 14.4. The average molecular weight is 275 g/mol. The number of nitrogens with two attached hydrogens (primary N) is 2. The molecule has 0 saturated heterocycles.